The highest BCUT2D eigenvalue weighted by Crippen LogP contribution is 2.36. The van der Waals surface area contributed by atoms with Gasteiger partial charge in [0, 0.05) is 54.0 Å². The predicted molar refractivity (Wildman–Crippen MR) is 142 cm³/mol. The van der Waals surface area contributed by atoms with Crippen LogP contribution in [0.3, 0.4) is 0 Å². The van der Waals surface area contributed by atoms with E-state index in [4.69, 9.17) is 0 Å². The Morgan fingerprint density at radius 2 is 1.86 bits per heavy atom. The van der Waals surface area contributed by atoms with E-state index in [-0.39, 0.29) is 5.78 Å². The fourth-order valence-electron chi connectivity index (χ4n) is 4.27. The summed E-state index contributed by atoms with van der Waals surface area (Å²) < 4.78 is 0. The Morgan fingerprint density at radius 1 is 0.971 bits per heavy atom. The lowest BCUT2D eigenvalue weighted by molar-refractivity contribution is 0.102. The number of anilines is 1. The molecule has 0 fully saturated rings. The average molecular weight is 479 g/mol. The molecule has 0 aliphatic rings. The van der Waals surface area contributed by atoms with Gasteiger partial charge in [-0.3, -0.25) is 14.9 Å². The second-order valence-corrected chi connectivity index (χ2v) is 9.75. The van der Waals surface area contributed by atoms with Gasteiger partial charge in [-0.15, -0.1) is 11.3 Å². The van der Waals surface area contributed by atoms with E-state index in [1.54, 1.807) is 13.1 Å². The van der Waals surface area contributed by atoms with E-state index in [9.17, 15) is 4.79 Å². The summed E-state index contributed by atoms with van der Waals surface area (Å²) in [5, 5.41) is 9.53. The molecule has 0 unspecified atom stereocenters. The van der Waals surface area contributed by atoms with E-state index in [0.717, 1.165) is 59.9 Å². The number of thiophene rings is 1. The van der Waals surface area contributed by atoms with Crippen LogP contribution in [0.25, 0.3) is 55.0 Å². The zero-order valence-electron chi connectivity index (χ0n) is 19.5. The first-order chi connectivity index (χ1) is 17.0. The lowest BCUT2D eigenvalue weighted by Gasteiger charge is -2.13. The van der Waals surface area contributed by atoms with Crippen LogP contribution in [0, 0.1) is 0 Å². The van der Waals surface area contributed by atoms with E-state index in [2.05, 4.69) is 66.4 Å². The van der Waals surface area contributed by atoms with E-state index in [0.29, 0.717) is 5.65 Å². The maximum Gasteiger partial charge on any atom is 0.181 e. The largest absolute Gasteiger partial charge is 0.378 e. The van der Waals surface area contributed by atoms with Gasteiger partial charge in [-0.25, -0.2) is 4.98 Å². The molecule has 6 rings (SSSR count). The lowest BCUT2D eigenvalue weighted by atomic mass is 10.0. The van der Waals surface area contributed by atoms with Crippen LogP contribution < -0.4 is 4.90 Å². The molecule has 0 radical (unpaired) electrons. The number of H-pyrrole nitrogens is 2. The molecule has 2 N–H and O–H groups in total. The normalized spacial score (nSPS) is 11.4. The number of hydrogen-bond acceptors (Lipinski definition) is 6. The summed E-state index contributed by atoms with van der Waals surface area (Å²) in [6.07, 6.45) is 3.64. The highest BCUT2D eigenvalue weighted by atomic mass is 32.1. The van der Waals surface area contributed by atoms with Crippen LogP contribution in [-0.4, -0.2) is 45.0 Å². The van der Waals surface area contributed by atoms with Crippen LogP contribution in [0.2, 0.25) is 0 Å². The van der Waals surface area contributed by atoms with Crippen LogP contribution in [0.4, 0.5) is 5.69 Å². The Labute approximate surface area is 205 Å². The minimum atomic E-state index is 0.0616. The zero-order chi connectivity index (χ0) is 24.1. The molecule has 7 nitrogen and oxygen atoms in total. The highest BCUT2D eigenvalue weighted by molar-refractivity contribution is 7.17. The number of nitrogens with one attached hydrogen (secondary N) is 2. The highest BCUT2D eigenvalue weighted by Gasteiger charge is 2.16. The number of nitrogens with zero attached hydrogens (tertiary/aromatic N) is 4. The van der Waals surface area contributed by atoms with Crippen molar-refractivity contribution in [1.29, 1.82) is 0 Å². The van der Waals surface area contributed by atoms with Crippen LogP contribution in [0.5, 0.6) is 0 Å². The van der Waals surface area contributed by atoms with Gasteiger partial charge in [0.1, 0.15) is 0 Å². The Kier molecular flexibility index (Phi) is 4.96. The summed E-state index contributed by atoms with van der Waals surface area (Å²) >= 11 is 1.46. The molecule has 0 bridgehead atoms. The quantitative estimate of drug-likeness (QED) is 0.289. The molecule has 8 heteroatoms. The summed E-state index contributed by atoms with van der Waals surface area (Å²) in [5.41, 5.74) is 7.51. The Hall–Kier alpha value is -4.30. The number of pyridine rings is 2. The van der Waals surface area contributed by atoms with Crippen molar-refractivity contribution in [3.63, 3.8) is 0 Å². The van der Waals surface area contributed by atoms with Gasteiger partial charge in [-0.05, 0) is 55.0 Å². The molecule has 172 valence electrons. The van der Waals surface area contributed by atoms with Crippen molar-refractivity contribution in [2.24, 2.45) is 0 Å². The van der Waals surface area contributed by atoms with Crippen molar-refractivity contribution >= 4 is 44.7 Å². The molecule has 1 aromatic carbocycles. The molecule has 0 saturated heterocycles. The maximum atomic E-state index is 11.8. The molecule has 0 aliphatic carbocycles. The molecule has 0 spiro atoms. The summed E-state index contributed by atoms with van der Waals surface area (Å²) in [6, 6.07) is 18.4. The minimum Gasteiger partial charge on any atom is -0.378 e. The van der Waals surface area contributed by atoms with E-state index < -0.39 is 0 Å². The van der Waals surface area contributed by atoms with Gasteiger partial charge in [-0.2, -0.15) is 5.10 Å². The third-order valence-corrected chi connectivity index (χ3v) is 7.30. The third-order valence-electron chi connectivity index (χ3n) is 6.11. The fraction of sp³-hybridized carbons (Fsp3) is 0.111. The fourth-order valence-corrected chi connectivity index (χ4v) is 5.18. The lowest BCUT2D eigenvalue weighted by Crippen LogP contribution is -2.08. The molecule has 0 aliphatic heterocycles. The van der Waals surface area contributed by atoms with Gasteiger partial charge in [0.05, 0.1) is 26.8 Å². The number of ketones is 1. The number of fused-ring (bicyclic) bond motifs is 2. The van der Waals surface area contributed by atoms with Crippen LogP contribution >= 0.6 is 11.3 Å². The first-order valence-electron chi connectivity index (χ1n) is 11.2. The molecular formula is C27H22N6OS. The van der Waals surface area contributed by atoms with Crippen LogP contribution in [0.15, 0.2) is 67.0 Å². The predicted octanol–water partition coefficient (Wildman–Crippen LogP) is 6.17. The second-order valence-electron chi connectivity index (χ2n) is 8.66. The summed E-state index contributed by atoms with van der Waals surface area (Å²) in [7, 11) is 4.07. The smallest absolute Gasteiger partial charge is 0.181 e. The molecule has 0 atom stereocenters. The van der Waals surface area contributed by atoms with Crippen LogP contribution in [0.1, 0.15) is 16.6 Å². The SMILES string of the molecule is CC(=O)c1ccc(-c2nccc3[nH]c(-c4[nH]nc5ncc(-c6cccc(N(C)C)c6)cc45)cc23)s1. The number of aromatic nitrogens is 5. The number of aromatic amines is 2. The topological polar surface area (TPSA) is 90.6 Å². The van der Waals surface area contributed by atoms with Gasteiger partial charge in [0.15, 0.2) is 11.4 Å². The summed E-state index contributed by atoms with van der Waals surface area (Å²) in [4.78, 5) is 28.3. The first kappa shape index (κ1) is 21.2. The Bertz CT molecular complexity index is 1720. The monoisotopic (exact) mass is 478 g/mol. The Balaban J connectivity index is 1.46. The van der Waals surface area contributed by atoms with Gasteiger partial charge in [-0.1, -0.05) is 12.1 Å². The minimum absolute atomic E-state index is 0.0616. The number of Topliss-reactive ketones (excluding diaryl/α,β-unsaturated/α-hetero) is 1. The first-order valence-corrected chi connectivity index (χ1v) is 12.0. The Morgan fingerprint density at radius 3 is 2.66 bits per heavy atom. The van der Waals surface area contributed by atoms with Crippen LogP contribution in [-0.2, 0) is 0 Å². The standard InChI is InChI=1S/C27H22N6OS/c1-15(34)23-7-8-24(35-23)26-19-13-22(30-21(19)9-10-28-26)25-20-12-17(14-29-27(20)32-31-25)16-5-4-6-18(11-16)33(2)3/h4-14,30H,1-3H3,(H,29,31,32). The number of rotatable bonds is 5. The molecule has 0 saturated carbocycles. The second kappa shape index (κ2) is 8.18. The van der Waals surface area contributed by atoms with E-state index in [1.165, 1.54) is 11.3 Å². The summed E-state index contributed by atoms with van der Waals surface area (Å²) in [5.74, 6) is 0.0616. The van der Waals surface area contributed by atoms with Crippen molar-refractivity contribution in [1.82, 2.24) is 25.1 Å². The summed E-state index contributed by atoms with van der Waals surface area (Å²) in [6.45, 7) is 1.58. The van der Waals surface area contributed by atoms with Gasteiger partial charge < -0.3 is 9.88 Å². The maximum absolute atomic E-state index is 11.8. The van der Waals surface area contributed by atoms with Crippen molar-refractivity contribution in [2.75, 3.05) is 19.0 Å². The average Bonchev–Trinajstić information content (AvgIpc) is 3.61. The van der Waals surface area contributed by atoms with Gasteiger partial charge in [0.25, 0.3) is 0 Å². The van der Waals surface area contributed by atoms with E-state index in [1.807, 2.05) is 38.5 Å². The number of carbonyl (C=O) groups excluding carboxylic acids is 1. The van der Waals surface area contributed by atoms with Crippen molar-refractivity contribution in [3.05, 3.63) is 71.9 Å². The molecule has 5 heterocycles. The molecular weight excluding hydrogens is 456 g/mol. The zero-order valence-corrected chi connectivity index (χ0v) is 20.3. The molecule has 5 aromatic heterocycles. The van der Waals surface area contributed by atoms with Crippen molar-refractivity contribution in [2.45, 2.75) is 6.92 Å². The number of carbonyl (C=O) groups is 1. The van der Waals surface area contributed by atoms with Gasteiger partial charge in [0.2, 0.25) is 0 Å². The number of benzene rings is 1. The van der Waals surface area contributed by atoms with Crippen molar-refractivity contribution < 1.29 is 4.79 Å². The molecule has 6 aromatic rings. The third kappa shape index (κ3) is 3.68. The molecule has 35 heavy (non-hydrogen) atoms. The van der Waals surface area contributed by atoms with Gasteiger partial charge >= 0.3 is 0 Å². The molecule has 0 amide bonds. The van der Waals surface area contributed by atoms with E-state index >= 15 is 0 Å². The number of hydrogen-bond donors (Lipinski definition) is 2. The van der Waals surface area contributed by atoms with Crippen molar-refractivity contribution in [3.8, 4) is 33.1 Å².